The van der Waals surface area contributed by atoms with Crippen LogP contribution in [0.4, 0.5) is 0 Å². The molecular formula is C16H18N2O3. The Hall–Kier alpha value is -2.43. The molecule has 0 radical (unpaired) electrons. The van der Waals surface area contributed by atoms with Crippen LogP contribution < -0.4 is 5.32 Å². The molecular weight excluding hydrogens is 268 g/mol. The largest absolute Gasteiger partial charge is 0.329 e. The van der Waals surface area contributed by atoms with Crippen molar-refractivity contribution in [3.8, 4) is 0 Å². The van der Waals surface area contributed by atoms with Crippen molar-refractivity contribution in [1.29, 1.82) is 0 Å². The second kappa shape index (κ2) is 6.35. The number of nitrogens with one attached hydrogen (secondary N) is 1. The molecule has 5 heteroatoms. The van der Waals surface area contributed by atoms with Gasteiger partial charge in [-0.1, -0.05) is 18.7 Å². The lowest BCUT2D eigenvalue weighted by Crippen LogP contribution is -2.48. The molecule has 1 saturated heterocycles. The average Bonchev–Trinajstić information content (AvgIpc) is 2.47. The number of allylic oxidation sites excluding steroid dienone is 1. The SMILES string of the molecule is C=C1CCC(N(C=O)Cc2cc(C=O)ccc2C)C(=O)N1. The highest BCUT2D eigenvalue weighted by Crippen LogP contribution is 2.19. The van der Waals surface area contributed by atoms with Gasteiger partial charge in [0.25, 0.3) is 0 Å². The predicted molar refractivity (Wildman–Crippen MR) is 78.5 cm³/mol. The van der Waals surface area contributed by atoms with Gasteiger partial charge in [-0.2, -0.15) is 0 Å². The number of carbonyl (C=O) groups excluding carboxylic acids is 3. The van der Waals surface area contributed by atoms with E-state index in [4.69, 9.17) is 0 Å². The zero-order valence-corrected chi connectivity index (χ0v) is 12.0. The molecule has 1 aromatic rings. The Morgan fingerprint density at radius 3 is 2.81 bits per heavy atom. The van der Waals surface area contributed by atoms with Crippen molar-refractivity contribution in [2.75, 3.05) is 0 Å². The van der Waals surface area contributed by atoms with Crippen LogP contribution in [0.2, 0.25) is 0 Å². The first-order valence-electron chi connectivity index (χ1n) is 6.79. The molecule has 0 bridgehead atoms. The van der Waals surface area contributed by atoms with Crippen LogP contribution in [0.15, 0.2) is 30.5 Å². The van der Waals surface area contributed by atoms with Gasteiger partial charge < -0.3 is 10.2 Å². The minimum absolute atomic E-state index is 0.206. The summed E-state index contributed by atoms with van der Waals surface area (Å²) < 4.78 is 0. The van der Waals surface area contributed by atoms with Gasteiger partial charge in [0.1, 0.15) is 12.3 Å². The van der Waals surface area contributed by atoms with Crippen LogP contribution in [0.1, 0.15) is 34.3 Å². The number of rotatable bonds is 5. The molecule has 1 atom stereocenters. The third-order valence-electron chi connectivity index (χ3n) is 3.72. The van der Waals surface area contributed by atoms with E-state index in [9.17, 15) is 14.4 Å². The monoisotopic (exact) mass is 286 g/mol. The molecule has 1 unspecified atom stereocenters. The van der Waals surface area contributed by atoms with Crippen molar-refractivity contribution >= 4 is 18.6 Å². The van der Waals surface area contributed by atoms with E-state index in [1.165, 1.54) is 4.90 Å². The van der Waals surface area contributed by atoms with Gasteiger partial charge in [-0.05, 0) is 37.0 Å². The molecule has 1 aromatic carbocycles. The van der Waals surface area contributed by atoms with E-state index in [1.54, 1.807) is 12.1 Å². The van der Waals surface area contributed by atoms with Crippen LogP contribution >= 0.6 is 0 Å². The minimum atomic E-state index is -0.493. The fourth-order valence-electron chi connectivity index (χ4n) is 2.43. The Bertz CT molecular complexity index is 595. The fraction of sp³-hybridized carbons (Fsp3) is 0.312. The maximum atomic E-state index is 12.0. The highest BCUT2D eigenvalue weighted by atomic mass is 16.2. The maximum absolute atomic E-state index is 12.0. The summed E-state index contributed by atoms with van der Waals surface area (Å²) in [4.78, 5) is 35.7. The Labute approximate surface area is 123 Å². The first-order valence-corrected chi connectivity index (χ1v) is 6.79. The number of benzene rings is 1. The maximum Gasteiger partial charge on any atom is 0.246 e. The average molecular weight is 286 g/mol. The molecule has 1 aliphatic rings. The van der Waals surface area contributed by atoms with Gasteiger partial charge in [0.15, 0.2) is 0 Å². The topological polar surface area (TPSA) is 66.5 Å². The smallest absolute Gasteiger partial charge is 0.246 e. The third-order valence-corrected chi connectivity index (χ3v) is 3.72. The van der Waals surface area contributed by atoms with Gasteiger partial charge in [-0.25, -0.2) is 0 Å². The minimum Gasteiger partial charge on any atom is -0.329 e. The van der Waals surface area contributed by atoms with Crippen molar-refractivity contribution in [2.24, 2.45) is 0 Å². The molecule has 1 N–H and O–H groups in total. The molecule has 1 aliphatic heterocycles. The normalized spacial score (nSPS) is 18.0. The number of hydrogen-bond acceptors (Lipinski definition) is 3. The summed E-state index contributed by atoms with van der Waals surface area (Å²) in [6.45, 7) is 5.95. The molecule has 0 aromatic heterocycles. The zero-order valence-electron chi connectivity index (χ0n) is 12.0. The van der Waals surface area contributed by atoms with E-state index in [1.807, 2.05) is 13.0 Å². The standard InChI is InChI=1S/C16H18N2O3/c1-11-3-5-13(9-19)7-14(11)8-18(10-20)15-6-4-12(2)17-16(15)21/h3,5,7,9-10,15H,2,4,6,8H2,1H3,(H,17,21). The van der Waals surface area contributed by atoms with Crippen molar-refractivity contribution in [1.82, 2.24) is 10.2 Å². The van der Waals surface area contributed by atoms with Crippen LogP contribution in [0.3, 0.4) is 0 Å². The fourth-order valence-corrected chi connectivity index (χ4v) is 2.43. The highest BCUT2D eigenvalue weighted by molar-refractivity contribution is 5.86. The van der Waals surface area contributed by atoms with E-state index in [0.29, 0.717) is 37.1 Å². The first-order chi connectivity index (χ1) is 10.0. The summed E-state index contributed by atoms with van der Waals surface area (Å²) in [5.41, 5.74) is 3.08. The second-order valence-electron chi connectivity index (χ2n) is 5.23. The van der Waals surface area contributed by atoms with Crippen molar-refractivity contribution in [2.45, 2.75) is 32.4 Å². The van der Waals surface area contributed by atoms with Crippen LogP contribution in [0.25, 0.3) is 0 Å². The van der Waals surface area contributed by atoms with Gasteiger partial charge >= 0.3 is 0 Å². The molecule has 110 valence electrons. The number of aldehydes is 1. The van der Waals surface area contributed by atoms with Crippen molar-refractivity contribution < 1.29 is 14.4 Å². The van der Waals surface area contributed by atoms with Crippen LogP contribution in [0.5, 0.6) is 0 Å². The molecule has 0 saturated carbocycles. The van der Waals surface area contributed by atoms with Crippen LogP contribution in [-0.4, -0.2) is 29.5 Å². The molecule has 2 amide bonds. The van der Waals surface area contributed by atoms with Crippen LogP contribution in [0, 0.1) is 6.92 Å². The summed E-state index contributed by atoms with van der Waals surface area (Å²) in [6.07, 6.45) is 2.68. The lowest BCUT2D eigenvalue weighted by molar-refractivity contribution is -0.134. The quantitative estimate of drug-likeness (QED) is 0.835. The molecule has 0 spiro atoms. The lowest BCUT2D eigenvalue weighted by atomic mass is 10.0. The molecule has 0 aliphatic carbocycles. The van der Waals surface area contributed by atoms with E-state index in [0.717, 1.165) is 17.4 Å². The summed E-state index contributed by atoms with van der Waals surface area (Å²) in [5.74, 6) is -0.206. The zero-order chi connectivity index (χ0) is 15.4. The number of carbonyl (C=O) groups is 3. The van der Waals surface area contributed by atoms with E-state index < -0.39 is 6.04 Å². The summed E-state index contributed by atoms with van der Waals surface area (Å²) >= 11 is 0. The third kappa shape index (κ3) is 3.37. The van der Waals surface area contributed by atoms with E-state index in [-0.39, 0.29) is 5.91 Å². The number of amides is 2. The molecule has 1 heterocycles. The van der Waals surface area contributed by atoms with Gasteiger partial charge in [0.05, 0.1) is 0 Å². The first kappa shape index (κ1) is 15.0. The Morgan fingerprint density at radius 2 is 2.19 bits per heavy atom. The summed E-state index contributed by atoms with van der Waals surface area (Å²) in [7, 11) is 0. The summed E-state index contributed by atoms with van der Waals surface area (Å²) in [6, 6.07) is 4.82. The van der Waals surface area contributed by atoms with Crippen molar-refractivity contribution in [3.05, 3.63) is 47.2 Å². The predicted octanol–water partition coefficient (Wildman–Crippen LogP) is 1.56. The molecule has 1 fully saturated rings. The van der Waals surface area contributed by atoms with Gasteiger partial charge in [-0.3, -0.25) is 14.4 Å². The lowest BCUT2D eigenvalue weighted by Gasteiger charge is -2.31. The van der Waals surface area contributed by atoms with Crippen molar-refractivity contribution in [3.63, 3.8) is 0 Å². The number of piperidine rings is 1. The van der Waals surface area contributed by atoms with E-state index in [2.05, 4.69) is 11.9 Å². The van der Waals surface area contributed by atoms with Gasteiger partial charge in [-0.15, -0.1) is 0 Å². The van der Waals surface area contributed by atoms with Crippen LogP contribution in [-0.2, 0) is 16.1 Å². The van der Waals surface area contributed by atoms with E-state index >= 15 is 0 Å². The number of hydrogen-bond donors (Lipinski definition) is 1. The molecule has 2 rings (SSSR count). The molecule has 5 nitrogen and oxygen atoms in total. The highest BCUT2D eigenvalue weighted by Gasteiger charge is 2.29. The summed E-state index contributed by atoms with van der Waals surface area (Å²) in [5, 5.41) is 2.68. The number of nitrogens with zero attached hydrogens (tertiary/aromatic N) is 1. The Morgan fingerprint density at radius 1 is 1.43 bits per heavy atom. The van der Waals surface area contributed by atoms with Gasteiger partial charge in [0, 0.05) is 17.8 Å². The number of aryl methyl sites for hydroxylation is 1. The van der Waals surface area contributed by atoms with Gasteiger partial charge in [0.2, 0.25) is 12.3 Å². The Kier molecular flexibility index (Phi) is 4.52. The second-order valence-corrected chi connectivity index (χ2v) is 5.23. The Balaban J connectivity index is 2.19. The molecule has 21 heavy (non-hydrogen) atoms.